The number of fused-ring (bicyclic) bond motifs is 1. The van der Waals surface area contributed by atoms with Gasteiger partial charge in [-0.3, -0.25) is 4.79 Å². The maximum atomic E-state index is 11.8. The molecule has 18 heavy (non-hydrogen) atoms. The molecule has 2 rings (SSSR count). The minimum absolute atomic E-state index is 0.229. The van der Waals surface area contributed by atoms with Crippen LogP contribution in [0.5, 0.6) is 11.5 Å². The highest BCUT2D eigenvalue weighted by molar-refractivity contribution is 5.94. The molecule has 0 saturated heterocycles. The Morgan fingerprint density at radius 1 is 1.39 bits per heavy atom. The van der Waals surface area contributed by atoms with Crippen LogP contribution >= 0.6 is 0 Å². The van der Waals surface area contributed by atoms with Gasteiger partial charge in [0.15, 0.2) is 11.5 Å². The molecule has 0 aromatic heterocycles. The minimum atomic E-state index is -0.561. The molecule has 5 heteroatoms. The molecule has 0 radical (unpaired) electrons. The fourth-order valence-electron chi connectivity index (χ4n) is 1.65. The van der Waals surface area contributed by atoms with E-state index in [1.807, 2.05) is 0 Å². The molecule has 1 aliphatic heterocycles. The van der Waals surface area contributed by atoms with Crippen LogP contribution in [0.3, 0.4) is 0 Å². The Bertz CT molecular complexity index is 431. The van der Waals surface area contributed by atoms with Gasteiger partial charge in [-0.25, -0.2) is 0 Å². The van der Waals surface area contributed by atoms with Crippen molar-refractivity contribution in [3.8, 4) is 11.5 Å². The Morgan fingerprint density at radius 2 is 2.11 bits per heavy atom. The molecule has 0 fully saturated rings. The van der Waals surface area contributed by atoms with Gasteiger partial charge < -0.3 is 19.9 Å². The van der Waals surface area contributed by atoms with Gasteiger partial charge in [-0.2, -0.15) is 0 Å². The summed E-state index contributed by atoms with van der Waals surface area (Å²) < 4.78 is 11.0. The van der Waals surface area contributed by atoms with Crippen molar-refractivity contribution in [1.82, 2.24) is 5.32 Å². The van der Waals surface area contributed by atoms with E-state index in [1.165, 1.54) is 0 Å². The average Bonchev–Trinajstić information content (AvgIpc) is 2.60. The van der Waals surface area contributed by atoms with E-state index < -0.39 is 6.10 Å². The number of benzene rings is 1. The van der Waals surface area contributed by atoms with Gasteiger partial charge in [0.1, 0.15) is 0 Å². The molecule has 98 valence electrons. The highest BCUT2D eigenvalue weighted by Crippen LogP contribution is 2.30. The van der Waals surface area contributed by atoms with Crippen molar-refractivity contribution < 1.29 is 19.4 Å². The van der Waals surface area contributed by atoms with Crippen LogP contribution in [0.2, 0.25) is 0 Å². The van der Waals surface area contributed by atoms with Gasteiger partial charge in [-0.15, -0.1) is 0 Å². The first-order valence-electron chi connectivity index (χ1n) is 6.03. The number of carbonyl (C=O) groups is 1. The maximum Gasteiger partial charge on any atom is 0.251 e. The van der Waals surface area contributed by atoms with E-state index in [9.17, 15) is 4.79 Å². The van der Waals surface area contributed by atoms with Crippen LogP contribution in [-0.2, 0) is 0 Å². The molecule has 1 atom stereocenters. The van der Waals surface area contributed by atoms with Crippen LogP contribution in [0.25, 0.3) is 0 Å². The molecule has 0 bridgehead atoms. The number of rotatable bonds is 3. The number of ether oxygens (including phenoxy) is 2. The number of carbonyl (C=O) groups excluding carboxylic acids is 1. The van der Waals surface area contributed by atoms with E-state index >= 15 is 0 Å². The molecule has 0 aliphatic carbocycles. The molecule has 1 aliphatic rings. The van der Waals surface area contributed by atoms with Crippen molar-refractivity contribution >= 4 is 5.91 Å². The quantitative estimate of drug-likeness (QED) is 0.839. The number of hydrogen-bond donors (Lipinski definition) is 2. The van der Waals surface area contributed by atoms with Crippen molar-refractivity contribution in [1.29, 1.82) is 0 Å². The predicted molar refractivity (Wildman–Crippen MR) is 66.1 cm³/mol. The van der Waals surface area contributed by atoms with Gasteiger partial charge in [0.2, 0.25) is 0 Å². The molecule has 5 nitrogen and oxygen atoms in total. The second-order valence-corrected chi connectivity index (χ2v) is 4.27. The minimum Gasteiger partial charge on any atom is -0.490 e. The first kappa shape index (κ1) is 12.7. The molecule has 1 aromatic carbocycles. The SMILES string of the molecule is C[C@@H](O)CNC(=O)c1ccc2c(c1)OCCCO2. The maximum absolute atomic E-state index is 11.8. The van der Waals surface area contributed by atoms with Gasteiger partial charge in [-0.1, -0.05) is 0 Å². The normalized spacial score (nSPS) is 15.7. The second kappa shape index (κ2) is 5.73. The third kappa shape index (κ3) is 3.13. The highest BCUT2D eigenvalue weighted by Gasteiger charge is 2.14. The lowest BCUT2D eigenvalue weighted by Gasteiger charge is -2.10. The lowest BCUT2D eigenvalue weighted by Crippen LogP contribution is -2.30. The van der Waals surface area contributed by atoms with Gasteiger partial charge in [0.25, 0.3) is 5.91 Å². The van der Waals surface area contributed by atoms with E-state index in [0.717, 1.165) is 6.42 Å². The fraction of sp³-hybridized carbons (Fsp3) is 0.462. The Hall–Kier alpha value is -1.75. The largest absolute Gasteiger partial charge is 0.490 e. The zero-order chi connectivity index (χ0) is 13.0. The number of hydrogen-bond acceptors (Lipinski definition) is 4. The number of nitrogens with one attached hydrogen (secondary N) is 1. The summed E-state index contributed by atoms with van der Waals surface area (Å²) in [6.45, 7) is 3.06. The molecule has 2 N–H and O–H groups in total. The Kier molecular flexibility index (Phi) is 4.04. The lowest BCUT2D eigenvalue weighted by molar-refractivity contribution is 0.0923. The zero-order valence-electron chi connectivity index (χ0n) is 10.3. The highest BCUT2D eigenvalue weighted by atomic mass is 16.5. The molecule has 1 amide bonds. The summed E-state index contributed by atoms with van der Waals surface area (Å²) in [6, 6.07) is 5.08. The average molecular weight is 251 g/mol. The summed E-state index contributed by atoms with van der Waals surface area (Å²) in [4.78, 5) is 11.8. The van der Waals surface area contributed by atoms with Gasteiger partial charge >= 0.3 is 0 Å². The Balaban J connectivity index is 2.10. The van der Waals surface area contributed by atoms with Crippen LogP contribution in [0.1, 0.15) is 23.7 Å². The van der Waals surface area contributed by atoms with Crippen molar-refractivity contribution in [3.63, 3.8) is 0 Å². The summed E-state index contributed by atoms with van der Waals surface area (Å²) in [5.41, 5.74) is 0.500. The van der Waals surface area contributed by atoms with Crippen LogP contribution in [0.15, 0.2) is 18.2 Å². The monoisotopic (exact) mass is 251 g/mol. The van der Waals surface area contributed by atoms with Crippen LogP contribution < -0.4 is 14.8 Å². The van der Waals surface area contributed by atoms with Crippen LogP contribution in [-0.4, -0.2) is 36.9 Å². The summed E-state index contributed by atoms with van der Waals surface area (Å²) in [6.07, 6.45) is 0.271. The molecule has 0 spiro atoms. The van der Waals surface area contributed by atoms with Gasteiger partial charge in [0, 0.05) is 18.5 Å². The lowest BCUT2D eigenvalue weighted by atomic mass is 10.2. The van der Waals surface area contributed by atoms with Gasteiger partial charge in [-0.05, 0) is 25.1 Å². The first-order valence-corrected chi connectivity index (χ1v) is 6.03. The number of amides is 1. The summed E-state index contributed by atoms with van der Waals surface area (Å²) in [5, 5.41) is 11.8. The van der Waals surface area contributed by atoms with E-state index in [2.05, 4.69) is 5.32 Å². The van der Waals surface area contributed by atoms with E-state index in [-0.39, 0.29) is 12.5 Å². The van der Waals surface area contributed by atoms with Crippen molar-refractivity contribution in [3.05, 3.63) is 23.8 Å². The molecule has 1 aromatic rings. The van der Waals surface area contributed by atoms with Crippen molar-refractivity contribution in [2.24, 2.45) is 0 Å². The molecule has 1 heterocycles. The third-order valence-electron chi connectivity index (χ3n) is 2.57. The molecular weight excluding hydrogens is 234 g/mol. The predicted octanol–water partition coefficient (Wildman–Crippen LogP) is 0.959. The van der Waals surface area contributed by atoms with E-state index in [4.69, 9.17) is 14.6 Å². The first-order chi connectivity index (χ1) is 8.66. The van der Waals surface area contributed by atoms with Crippen LogP contribution in [0, 0.1) is 0 Å². The third-order valence-corrected chi connectivity index (χ3v) is 2.57. The Labute approximate surface area is 106 Å². The zero-order valence-corrected chi connectivity index (χ0v) is 10.3. The summed E-state index contributed by atoms with van der Waals surface area (Å²) >= 11 is 0. The van der Waals surface area contributed by atoms with Crippen molar-refractivity contribution in [2.45, 2.75) is 19.4 Å². The molecule has 0 saturated carbocycles. The second-order valence-electron chi connectivity index (χ2n) is 4.27. The fourth-order valence-corrected chi connectivity index (χ4v) is 1.65. The topological polar surface area (TPSA) is 67.8 Å². The number of aliphatic hydroxyl groups excluding tert-OH is 1. The van der Waals surface area contributed by atoms with E-state index in [0.29, 0.717) is 30.3 Å². The summed E-state index contributed by atoms with van der Waals surface area (Å²) in [5.74, 6) is 1.03. The Morgan fingerprint density at radius 3 is 2.83 bits per heavy atom. The smallest absolute Gasteiger partial charge is 0.251 e. The summed E-state index contributed by atoms with van der Waals surface area (Å²) in [7, 11) is 0. The van der Waals surface area contributed by atoms with Gasteiger partial charge in [0.05, 0.1) is 19.3 Å². The van der Waals surface area contributed by atoms with Crippen molar-refractivity contribution in [2.75, 3.05) is 19.8 Å². The van der Waals surface area contributed by atoms with Crippen LogP contribution in [0.4, 0.5) is 0 Å². The standard InChI is InChI=1S/C13H17NO4/c1-9(15)8-14-13(16)10-3-4-11-12(7-10)18-6-2-5-17-11/h3-4,7,9,15H,2,5-6,8H2,1H3,(H,14,16)/t9-/m1/s1. The van der Waals surface area contributed by atoms with E-state index in [1.54, 1.807) is 25.1 Å². The molecular formula is C13H17NO4. The molecule has 0 unspecified atom stereocenters. The number of aliphatic hydroxyl groups is 1.